The van der Waals surface area contributed by atoms with Gasteiger partial charge in [-0.25, -0.2) is 8.78 Å². The van der Waals surface area contributed by atoms with Gasteiger partial charge in [-0.2, -0.15) is 8.42 Å². The SMILES string of the molecule is O=S(=O)(F)c1cccc(-c2ccc(F)cc2F)c1. The Labute approximate surface area is 102 Å². The summed E-state index contributed by atoms with van der Waals surface area (Å²) >= 11 is 0. The molecule has 0 aromatic heterocycles. The maximum Gasteiger partial charge on any atom is 0.332 e. The Bertz CT molecular complexity index is 696. The lowest BCUT2D eigenvalue weighted by atomic mass is 10.1. The summed E-state index contributed by atoms with van der Waals surface area (Å²) in [5, 5.41) is 0. The van der Waals surface area contributed by atoms with Gasteiger partial charge < -0.3 is 0 Å². The second kappa shape index (κ2) is 4.45. The molecule has 0 saturated carbocycles. The molecule has 0 N–H and O–H groups in total. The highest BCUT2D eigenvalue weighted by atomic mass is 32.3. The van der Waals surface area contributed by atoms with Crippen LogP contribution in [0.5, 0.6) is 0 Å². The summed E-state index contributed by atoms with van der Waals surface area (Å²) < 4.78 is 60.5. The van der Waals surface area contributed by atoms with E-state index >= 15 is 0 Å². The lowest BCUT2D eigenvalue weighted by molar-refractivity contribution is 0.552. The maximum absolute atomic E-state index is 13.5. The quantitative estimate of drug-likeness (QED) is 0.786. The smallest absolute Gasteiger partial charge is 0.207 e. The van der Waals surface area contributed by atoms with Gasteiger partial charge in [-0.15, -0.1) is 3.89 Å². The van der Waals surface area contributed by atoms with E-state index in [4.69, 9.17) is 0 Å². The van der Waals surface area contributed by atoms with Crippen molar-refractivity contribution in [2.45, 2.75) is 4.90 Å². The van der Waals surface area contributed by atoms with Gasteiger partial charge >= 0.3 is 10.2 Å². The number of hydrogen-bond acceptors (Lipinski definition) is 2. The molecule has 0 spiro atoms. The van der Waals surface area contributed by atoms with E-state index in [0.717, 1.165) is 24.3 Å². The minimum absolute atomic E-state index is 0.00176. The first-order valence-corrected chi connectivity index (χ1v) is 6.26. The standard InChI is InChI=1S/C12H7F3O2S/c13-9-4-5-11(12(14)7-9)8-2-1-3-10(6-8)18(15,16)17/h1-7H. The molecule has 2 nitrogen and oxygen atoms in total. The topological polar surface area (TPSA) is 34.1 Å². The fourth-order valence-corrected chi connectivity index (χ4v) is 2.05. The molecule has 94 valence electrons. The molecule has 18 heavy (non-hydrogen) atoms. The zero-order valence-corrected chi connectivity index (χ0v) is 9.72. The molecule has 0 heterocycles. The molecule has 0 amide bonds. The third-order valence-electron chi connectivity index (χ3n) is 2.36. The first-order chi connectivity index (χ1) is 8.38. The van der Waals surface area contributed by atoms with Gasteiger partial charge in [0.15, 0.2) is 0 Å². The van der Waals surface area contributed by atoms with Gasteiger partial charge in [0.1, 0.15) is 11.6 Å². The summed E-state index contributed by atoms with van der Waals surface area (Å²) in [4.78, 5) is -0.566. The van der Waals surface area contributed by atoms with Crippen LogP contribution in [0.4, 0.5) is 12.7 Å². The van der Waals surface area contributed by atoms with Crippen LogP contribution in [0.1, 0.15) is 0 Å². The van der Waals surface area contributed by atoms with Gasteiger partial charge in [-0.3, -0.25) is 0 Å². The van der Waals surface area contributed by atoms with Crippen LogP contribution < -0.4 is 0 Å². The predicted molar refractivity (Wildman–Crippen MR) is 60.1 cm³/mol. The molecule has 0 saturated heterocycles. The van der Waals surface area contributed by atoms with Gasteiger partial charge in [-0.05, 0) is 29.8 Å². The van der Waals surface area contributed by atoms with E-state index < -0.39 is 26.8 Å². The van der Waals surface area contributed by atoms with Crippen molar-refractivity contribution in [2.75, 3.05) is 0 Å². The van der Waals surface area contributed by atoms with Crippen molar-refractivity contribution in [3.05, 3.63) is 54.1 Å². The van der Waals surface area contributed by atoms with E-state index in [2.05, 4.69) is 0 Å². The molecule has 0 radical (unpaired) electrons. The van der Waals surface area contributed by atoms with Crippen LogP contribution in [0.3, 0.4) is 0 Å². The van der Waals surface area contributed by atoms with Crippen molar-refractivity contribution >= 4 is 10.2 Å². The van der Waals surface area contributed by atoms with Crippen molar-refractivity contribution in [3.8, 4) is 11.1 Å². The Kier molecular flexibility index (Phi) is 3.13. The van der Waals surface area contributed by atoms with E-state index in [0.29, 0.717) is 6.07 Å². The van der Waals surface area contributed by atoms with Crippen LogP contribution in [0.15, 0.2) is 47.4 Å². The Morgan fingerprint density at radius 1 is 0.944 bits per heavy atom. The Balaban J connectivity index is 2.58. The minimum Gasteiger partial charge on any atom is -0.207 e. The summed E-state index contributed by atoms with van der Waals surface area (Å²) in [5.41, 5.74) is 0.160. The van der Waals surface area contributed by atoms with Crippen LogP contribution in [0, 0.1) is 11.6 Å². The number of benzene rings is 2. The third-order valence-corrected chi connectivity index (χ3v) is 3.17. The van der Waals surface area contributed by atoms with E-state index in [9.17, 15) is 21.1 Å². The van der Waals surface area contributed by atoms with Crippen LogP contribution in [0.25, 0.3) is 11.1 Å². The lowest BCUT2D eigenvalue weighted by Crippen LogP contribution is -1.93. The molecule has 6 heteroatoms. The van der Waals surface area contributed by atoms with Crippen molar-refractivity contribution in [1.29, 1.82) is 0 Å². The Morgan fingerprint density at radius 2 is 1.67 bits per heavy atom. The molecular weight excluding hydrogens is 265 g/mol. The number of halogens is 3. The van der Waals surface area contributed by atoms with E-state index in [1.165, 1.54) is 12.1 Å². The number of rotatable bonds is 2. The van der Waals surface area contributed by atoms with Gasteiger partial charge in [0.25, 0.3) is 0 Å². The largest absolute Gasteiger partial charge is 0.332 e. The van der Waals surface area contributed by atoms with Crippen LogP contribution in [-0.2, 0) is 10.2 Å². The number of hydrogen-bond donors (Lipinski definition) is 0. The van der Waals surface area contributed by atoms with Gasteiger partial charge in [0.2, 0.25) is 0 Å². The zero-order valence-electron chi connectivity index (χ0n) is 8.90. The summed E-state index contributed by atoms with van der Waals surface area (Å²) in [7, 11) is -4.85. The molecule has 2 rings (SSSR count). The summed E-state index contributed by atoms with van der Waals surface area (Å²) in [6.07, 6.45) is 0. The highest BCUT2D eigenvalue weighted by Crippen LogP contribution is 2.26. The molecular formula is C12H7F3O2S. The molecule has 0 aliphatic carbocycles. The molecule has 0 unspecified atom stereocenters. The van der Waals surface area contributed by atoms with Crippen molar-refractivity contribution < 1.29 is 21.1 Å². The minimum atomic E-state index is -4.85. The highest BCUT2D eigenvalue weighted by molar-refractivity contribution is 7.86. The van der Waals surface area contributed by atoms with Crippen LogP contribution >= 0.6 is 0 Å². The zero-order chi connectivity index (χ0) is 13.3. The molecule has 0 aliphatic rings. The normalized spacial score (nSPS) is 11.5. The van der Waals surface area contributed by atoms with Crippen molar-refractivity contribution in [2.24, 2.45) is 0 Å². The van der Waals surface area contributed by atoms with E-state index in [1.807, 2.05) is 0 Å². The first-order valence-electron chi connectivity index (χ1n) is 4.88. The summed E-state index contributed by atoms with van der Waals surface area (Å²) in [6.45, 7) is 0. The van der Waals surface area contributed by atoms with Crippen LogP contribution in [-0.4, -0.2) is 8.42 Å². The second-order valence-electron chi connectivity index (χ2n) is 3.59. The van der Waals surface area contributed by atoms with Gasteiger partial charge in [0, 0.05) is 11.6 Å². The monoisotopic (exact) mass is 272 g/mol. The lowest BCUT2D eigenvalue weighted by Gasteiger charge is -2.04. The highest BCUT2D eigenvalue weighted by Gasteiger charge is 2.14. The fourth-order valence-electron chi connectivity index (χ4n) is 1.54. The fraction of sp³-hybridized carbons (Fsp3) is 0. The van der Waals surface area contributed by atoms with Crippen LogP contribution in [0.2, 0.25) is 0 Å². The Morgan fingerprint density at radius 3 is 2.28 bits per heavy atom. The molecule has 2 aromatic rings. The average molecular weight is 272 g/mol. The molecule has 0 aliphatic heterocycles. The van der Waals surface area contributed by atoms with E-state index in [-0.39, 0.29) is 11.1 Å². The van der Waals surface area contributed by atoms with Gasteiger partial charge in [-0.1, -0.05) is 12.1 Å². The average Bonchev–Trinajstić information content (AvgIpc) is 2.28. The summed E-state index contributed by atoms with van der Waals surface area (Å²) in [6, 6.07) is 7.61. The third kappa shape index (κ3) is 2.53. The molecule has 0 fully saturated rings. The van der Waals surface area contributed by atoms with Crippen molar-refractivity contribution in [1.82, 2.24) is 0 Å². The maximum atomic E-state index is 13.5. The molecule has 0 bridgehead atoms. The van der Waals surface area contributed by atoms with Crippen molar-refractivity contribution in [3.63, 3.8) is 0 Å². The van der Waals surface area contributed by atoms with E-state index in [1.54, 1.807) is 0 Å². The molecule has 2 aromatic carbocycles. The first kappa shape index (κ1) is 12.6. The predicted octanol–water partition coefficient (Wildman–Crippen LogP) is 3.29. The second-order valence-corrected chi connectivity index (χ2v) is 4.94. The Hall–Kier alpha value is -1.82. The summed E-state index contributed by atoms with van der Waals surface area (Å²) in [5.74, 6) is -1.59. The van der Waals surface area contributed by atoms with Gasteiger partial charge in [0.05, 0.1) is 4.90 Å². The molecule has 0 atom stereocenters.